The van der Waals surface area contributed by atoms with Crippen LogP contribution in [0.2, 0.25) is 0 Å². The van der Waals surface area contributed by atoms with E-state index in [0.29, 0.717) is 29.1 Å². The smallest absolute Gasteiger partial charge is 0.344 e. The van der Waals surface area contributed by atoms with Gasteiger partial charge in [-0.3, -0.25) is 0 Å². The number of aromatic nitrogens is 1. The second-order valence-corrected chi connectivity index (χ2v) is 11.0. The molecule has 2 aromatic rings. The first-order valence-electron chi connectivity index (χ1n) is 12.5. The molecule has 1 heterocycles. The lowest BCUT2D eigenvalue weighted by Gasteiger charge is -2.50. The van der Waals surface area contributed by atoms with Crippen molar-refractivity contribution in [1.29, 1.82) is 0 Å². The van der Waals surface area contributed by atoms with Crippen molar-refractivity contribution in [2.24, 2.45) is 23.2 Å². The number of phenols is 1. The first-order chi connectivity index (χ1) is 15.5. The molecule has 0 saturated heterocycles. The molecule has 1 aromatic carbocycles. The zero-order valence-electron chi connectivity index (χ0n) is 19.0. The highest BCUT2D eigenvalue weighted by atomic mass is 16.5. The standard InChI is InChI=1S/C28H33NO3/c1-28-13-12-23-22-9-7-21(30)15-19(22)6-8-24(23)25(28)10-11-26(28)32-27(31)20-3-2-14-29(17-20)16-18-4-5-18/h2-3,7,9,14-15,17-18,23-26H,4-6,8,10-13,16H2,1H3/p+1/t23-,24-,25+,26+,28+/m1/s1. The predicted octanol–water partition coefficient (Wildman–Crippen LogP) is 5.17. The molecular weight excluding hydrogens is 398 g/mol. The topological polar surface area (TPSA) is 50.4 Å². The second-order valence-electron chi connectivity index (χ2n) is 11.0. The molecule has 4 aliphatic carbocycles. The molecule has 0 spiro atoms. The number of rotatable bonds is 4. The zero-order valence-corrected chi connectivity index (χ0v) is 19.0. The number of hydrogen-bond donors (Lipinski definition) is 1. The summed E-state index contributed by atoms with van der Waals surface area (Å²) < 4.78 is 8.37. The molecule has 168 valence electrons. The van der Waals surface area contributed by atoms with Gasteiger partial charge < -0.3 is 9.84 Å². The summed E-state index contributed by atoms with van der Waals surface area (Å²) in [5.41, 5.74) is 3.54. The molecule has 3 fully saturated rings. The van der Waals surface area contributed by atoms with Crippen molar-refractivity contribution >= 4 is 5.97 Å². The molecule has 4 aliphatic rings. The highest BCUT2D eigenvalue weighted by molar-refractivity contribution is 5.88. The van der Waals surface area contributed by atoms with Gasteiger partial charge in [-0.05, 0) is 98.4 Å². The summed E-state index contributed by atoms with van der Waals surface area (Å²) in [5, 5.41) is 9.90. The number of fused-ring (bicyclic) bond motifs is 5. The second kappa shape index (κ2) is 7.60. The normalized spacial score (nSPS) is 33.2. The van der Waals surface area contributed by atoms with E-state index in [0.717, 1.165) is 44.6 Å². The molecule has 32 heavy (non-hydrogen) atoms. The van der Waals surface area contributed by atoms with Crippen molar-refractivity contribution in [2.75, 3.05) is 0 Å². The fraction of sp³-hybridized carbons (Fsp3) is 0.571. The van der Waals surface area contributed by atoms with Crippen molar-refractivity contribution in [3.63, 3.8) is 0 Å². The van der Waals surface area contributed by atoms with E-state index in [4.69, 9.17) is 4.74 Å². The molecule has 5 atom stereocenters. The molecule has 0 radical (unpaired) electrons. The van der Waals surface area contributed by atoms with E-state index in [2.05, 4.69) is 23.8 Å². The van der Waals surface area contributed by atoms with E-state index in [-0.39, 0.29) is 17.5 Å². The summed E-state index contributed by atoms with van der Waals surface area (Å²) in [6.07, 6.45) is 13.3. The van der Waals surface area contributed by atoms with E-state index in [1.54, 1.807) is 0 Å². The summed E-state index contributed by atoms with van der Waals surface area (Å²) in [4.78, 5) is 13.1. The first-order valence-corrected chi connectivity index (χ1v) is 12.5. The minimum absolute atomic E-state index is 0.0132. The Kier molecular flexibility index (Phi) is 4.81. The van der Waals surface area contributed by atoms with Crippen LogP contribution in [0, 0.1) is 23.2 Å². The van der Waals surface area contributed by atoms with Gasteiger partial charge in [0.25, 0.3) is 0 Å². The van der Waals surface area contributed by atoms with Crippen molar-refractivity contribution in [3.8, 4) is 5.75 Å². The molecule has 0 bridgehead atoms. The van der Waals surface area contributed by atoms with Crippen LogP contribution in [-0.4, -0.2) is 17.2 Å². The van der Waals surface area contributed by atoms with Crippen LogP contribution < -0.4 is 4.57 Å². The maximum atomic E-state index is 13.1. The number of carbonyl (C=O) groups excluding carboxylic acids is 1. The van der Waals surface area contributed by atoms with Crippen LogP contribution in [0.4, 0.5) is 0 Å². The maximum Gasteiger partial charge on any atom is 0.344 e. The molecule has 0 amide bonds. The number of aromatic hydroxyl groups is 1. The van der Waals surface area contributed by atoms with Crippen LogP contribution in [0.15, 0.2) is 42.7 Å². The van der Waals surface area contributed by atoms with Crippen molar-refractivity contribution in [3.05, 3.63) is 59.4 Å². The van der Waals surface area contributed by atoms with Gasteiger partial charge in [0.1, 0.15) is 17.4 Å². The number of phenolic OH excluding ortho intramolecular Hbond substituents is 1. The third kappa shape index (κ3) is 3.43. The van der Waals surface area contributed by atoms with Gasteiger partial charge in [0.2, 0.25) is 0 Å². The zero-order chi connectivity index (χ0) is 21.9. The molecular formula is C28H34NO3+. The molecule has 6 rings (SSSR count). The summed E-state index contributed by atoms with van der Waals surface area (Å²) in [7, 11) is 0. The van der Waals surface area contributed by atoms with Crippen LogP contribution in [0.5, 0.6) is 5.75 Å². The summed E-state index contributed by atoms with van der Waals surface area (Å²) in [5.74, 6) is 2.86. The number of ether oxygens (including phenoxy) is 1. The lowest BCUT2D eigenvalue weighted by atomic mass is 9.55. The van der Waals surface area contributed by atoms with Gasteiger partial charge in [0.05, 0.1) is 0 Å². The van der Waals surface area contributed by atoms with Crippen LogP contribution in [0.1, 0.15) is 79.3 Å². The Morgan fingerprint density at radius 3 is 2.88 bits per heavy atom. The van der Waals surface area contributed by atoms with Gasteiger partial charge in [-0.15, -0.1) is 0 Å². The molecule has 1 aromatic heterocycles. The van der Waals surface area contributed by atoms with Gasteiger partial charge in [-0.25, -0.2) is 9.36 Å². The lowest BCUT2D eigenvalue weighted by molar-refractivity contribution is -0.700. The van der Waals surface area contributed by atoms with Crippen LogP contribution in [0.25, 0.3) is 0 Å². The van der Waals surface area contributed by atoms with Gasteiger partial charge >= 0.3 is 5.97 Å². The summed E-state index contributed by atoms with van der Waals surface area (Å²) in [6, 6.07) is 9.84. The molecule has 0 unspecified atom stereocenters. The maximum absolute atomic E-state index is 13.1. The monoisotopic (exact) mass is 432 g/mol. The minimum atomic E-state index is -0.159. The van der Waals surface area contributed by atoms with Crippen molar-refractivity contribution in [2.45, 2.75) is 76.9 Å². The van der Waals surface area contributed by atoms with E-state index >= 15 is 0 Å². The number of aryl methyl sites for hydroxylation is 1. The quantitative estimate of drug-likeness (QED) is 0.536. The average Bonchev–Trinajstić information content (AvgIpc) is 3.54. The first kappa shape index (κ1) is 20.3. The molecule has 0 aliphatic heterocycles. The molecule has 4 heteroatoms. The number of nitrogens with zero attached hydrogens (tertiary/aromatic N) is 1. The largest absolute Gasteiger partial charge is 0.508 e. The third-order valence-corrected chi connectivity index (χ3v) is 9.13. The molecule has 4 nitrogen and oxygen atoms in total. The minimum Gasteiger partial charge on any atom is -0.508 e. The van der Waals surface area contributed by atoms with E-state index in [9.17, 15) is 9.90 Å². The molecule has 1 N–H and O–H groups in total. The van der Waals surface area contributed by atoms with Crippen LogP contribution in [0.3, 0.4) is 0 Å². The van der Waals surface area contributed by atoms with Gasteiger partial charge in [0.15, 0.2) is 18.9 Å². The fourth-order valence-corrected chi connectivity index (χ4v) is 7.27. The number of carbonyl (C=O) groups is 1. The van der Waals surface area contributed by atoms with Gasteiger partial charge in [0, 0.05) is 17.4 Å². The third-order valence-electron chi connectivity index (χ3n) is 9.13. The van der Waals surface area contributed by atoms with Crippen LogP contribution in [-0.2, 0) is 17.7 Å². The highest BCUT2D eigenvalue weighted by Gasteiger charge is 2.56. The Hall–Kier alpha value is -2.36. The van der Waals surface area contributed by atoms with Crippen molar-refractivity contribution < 1.29 is 19.2 Å². The Morgan fingerprint density at radius 1 is 1.16 bits per heavy atom. The van der Waals surface area contributed by atoms with E-state index < -0.39 is 0 Å². The number of benzene rings is 1. The SMILES string of the molecule is C[C@]12CC[C@@H]3c4ccc(O)cc4CC[C@H]3[C@@H]1CC[C@@H]2OC(=O)c1ccc[n+](CC2CC2)c1. The van der Waals surface area contributed by atoms with E-state index in [1.165, 1.54) is 30.4 Å². The Bertz CT molecular complexity index is 1040. The van der Waals surface area contributed by atoms with E-state index in [1.807, 2.05) is 30.5 Å². The summed E-state index contributed by atoms with van der Waals surface area (Å²) in [6.45, 7) is 3.39. The van der Waals surface area contributed by atoms with Gasteiger partial charge in [-0.1, -0.05) is 13.0 Å². The van der Waals surface area contributed by atoms with Gasteiger partial charge in [-0.2, -0.15) is 0 Å². The number of esters is 1. The van der Waals surface area contributed by atoms with Crippen molar-refractivity contribution in [1.82, 2.24) is 0 Å². The summed E-state index contributed by atoms with van der Waals surface area (Å²) >= 11 is 0. The highest BCUT2D eigenvalue weighted by Crippen LogP contribution is 2.61. The lowest BCUT2D eigenvalue weighted by Crippen LogP contribution is -2.45. The van der Waals surface area contributed by atoms with Crippen LogP contribution >= 0.6 is 0 Å². The Labute approximate surface area is 190 Å². The predicted molar refractivity (Wildman–Crippen MR) is 121 cm³/mol. The molecule has 3 saturated carbocycles. The Morgan fingerprint density at radius 2 is 2.03 bits per heavy atom. The number of pyridine rings is 1. The fourth-order valence-electron chi connectivity index (χ4n) is 7.27. The number of hydrogen-bond acceptors (Lipinski definition) is 3. The Balaban J connectivity index is 1.18. The average molecular weight is 433 g/mol.